The average Bonchev–Trinajstić information content (AvgIpc) is 2.93. The van der Waals surface area contributed by atoms with Crippen LogP contribution in [-0.2, 0) is 13.0 Å². The van der Waals surface area contributed by atoms with E-state index in [4.69, 9.17) is 4.98 Å². The smallest absolute Gasteiger partial charge is 0.0716 e. The van der Waals surface area contributed by atoms with Crippen LogP contribution in [0.15, 0.2) is 60.8 Å². The summed E-state index contributed by atoms with van der Waals surface area (Å²) in [7, 11) is 0. The van der Waals surface area contributed by atoms with E-state index in [2.05, 4.69) is 65.4 Å². The van der Waals surface area contributed by atoms with Gasteiger partial charge in [0.1, 0.15) is 0 Å². The van der Waals surface area contributed by atoms with Gasteiger partial charge < -0.3 is 4.57 Å². The monoisotopic (exact) mass is 284 g/mol. The number of hydrogen-bond donors (Lipinski definition) is 0. The number of aromatic nitrogens is 2. The zero-order chi connectivity index (χ0) is 14.5. The average molecular weight is 284 g/mol. The molecule has 0 radical (unpaired) electrons. The lowest BCUT2D eigenvalue weighted by Crippen LogP contribution is -2.08. The van der Waals surface area contributed by atoms with E-state index in [-0.39, 0.29) is 0 Å². The lowest BCUT2D eigenvalue weighted by atomic mass is 9.99. The highest BCUT2D eigenvalue weighted by Crippen LogP contribution is 2.39. The second kappa shape index (κ2) is 4.44. The molecule has 106 valence electrons. The summed E-state index contributed by atoms with van der Waals surface area (Å²) in [6.07, 6.45) is 4.33. The lowest BCUT2D eigenvalue weighted by Gasteiger charge is -2.16. The summed E-state index contributed by atoms with van der Waals surface area (Å²) in [5, 5.41) is 2.72. The van der Waals surface area contributed by atoms with Crippen LogP contribution in [0.2, 0.25) is 0 Å². The van der Waals surface area contributed by atoms with Crippen molar-refractivity contribution in [3.63, 3.8) is 0 Å². The largest absolute Gasteiger partial charge is 0.339 e. The Morgan fingerprint density at radius 1 is 0.909 bits per heavy atom. The summed E-state index contributed by atoms with van der Waals surface area (Å²) >= 11 is 0. The number of para-hydroxylation sites is 1. The molecule has 0 saturated carbocycles. The van der Waals surface area contributed by atoms with Crippen LogP contribution in [0.3, 0.4) is 0 Å². The van der Waals surface area contributed by atoms with Crippen LogP contribution < -0.4 is 0 Å². The third-order valence-corrected chi connectivity index (χ3v) is 4.74. The van der Waals surface area contributed by atoms with Gasteiger partial charge in [0.25, 0.3) is 0 Å². The quantitative estimate of drug-likeness (QED) is 0.491. The molecule has 2 aromatic carbocycles. The molecule has 0 spiro atoms. The maximum Gasteiger partial charge on any atom is 0.0716 e. The summed E-state index contributed by atoms with van der Waals surface area (Å²) in [4.78, 5) is 4.79. The molecular formula is C20H16N2. The first-order chi connectivity index (χ1) is 10.9. The Balaban J connectivity index is 2.01. The fourth-order valence-electron chi connectivity index (χ4n) is 3.80. The predicted octanol–water partition coefficient (Wildman–Crippen LogP) is 4.80. The zero-order valence-electron chi connectivity index (χ0n) is 12.3. The van der Waals surface area contributed by atoms with E-state index in [1.165, 1.54) is 45.0 Å². The second-order valence-electron chi connectivity index (χ2n) is 5.98. The molecule has 0 bridgehead atoms. The Morgan fingerprint density at radius 3 is 2.64 bits per heavy atom. The Hall–Kier alpha value is -2.61. The minimum atomic E-state index is 1.09. The lowest BCUT2D eigenvalue weighted by molar-refractivity contribution is 0.640. The molecule has 3 heterocycles. The van der Waals surface area contributed by atoms with Crippen LogP contribution in [0.5, 0.6) is 0 Å². The first-order valence-corrected chi connectivity index (χ1v) is 7.88. The molecule has 1 aliphatic rings. The van der Waals surface area contributed by atoms with Crippen LogP contribution in [-0.4, -0.2) is 9.55 Å². The van der Waals surface area contributed by atoms with E-state index in [1.807, 2.05) is 0 Å². The Kier molecular flexibility index (Phi) is 2.42. The van der Waals surface area contributed by atoms with Crippen molar-refractivity contribution >= 4 is 21.8 Å². The van der Waals surface area contributed by atoms with Gasteiger partial charge in [0, 0.05) is 34.6 Å². The van der Waals surface area contributed by atoms with Gasteiger partial charge in [-0.2, -0.15) is 0 Å². The molecule has 0 fully saturated rings. The zero-order valence-corrected chi connectivity index (χ0v) is 12.3. The number of pyridine rings is 1. The van der Waals surface area contributed by atoms with Crippen molar-refractivity contribution in [1.82, 2.24) is 9.55 Å². The molecule has 0 amide bonds. The molecule has 1 aliphatic heterocycles. The van der Waals surface area contributed by atoms with Gasteiger partial charge >= 0.3 is 0 Å². The fourth-order valence-corrected chi connectivity index (χ4v) is 3.80. The first kappa shape index (κ1) is 12.0. The third-order valence-electron chi connectivity index (χ3n) is 4.74. The van der Waals surface area contributed by atoms with E-state index in [1.54, 1.807) is 0 Å². The van der Waals surface area contributed by atoms with E-state index in [9.17, 15) is 0 Å². The molecule has 2 nitrogen and oxygen atoms in total. The number of hydrogen-bond acceptors (Lipinski definition) is 1. The van der Waals surface area contributed by atoms with Crippen LogP contribution in [0, 0.1) is 0 Å². The molecule has 22 heavy (non-hydrogen) atoms. The van der Waals surface area contributed by atoms with Crippen LogP contribution >= 0.6 is 0 Å². The highest BCUT2D eigenvalue weighted by Gasteiger charge is 2.21. The van der Waals surface area contributed by atoms with E-state index < -0.39 is 0 Å². The summed E-state index contributed by atoms with van der Waals surface area (Å²) in [6.45, 7) is 1.09. The fraction of sp³-hybridized carbons (Fsp3) is 0.150. The van der Waals surface area contributed by atoms with E-state index >= 15 is 0 Å². The van der Waals surface area contributed by atoms with Crippen molar-refractivity contribution in [1.29, 1.82) is 0 Å². The molecule has 0 unspecified atom stereocenters. The van der Waals surface area contributed by atoms with Gasteiger partial charge in [-0.25, -0.2) is 0 Å². The van der Waals surface area contributed by atoms with Gasteiger partial charge in [-0.3, -0.25) is 4.98 Å². The number of rotatable bonds is 1. The predicted molar refractivity (Wildman–Crippen MR) is 91.0 cm³/mol. The van der Waals surface area contributed by atoms with Crippen molar-refractivity contribution < 1.29 is 0 Å². The molecule has 2 heteroatoms. The summed E-state index contributed by atoms with van der Waals surface area (Å²) in [5.41, 5.74) is 6.42. The molecule has 5 rings (SSSR count). The van der Waals surface area contributed by atoms with Crippen molar-refractivity contribution in [3.8, 4) is 11.1 Å². The van der Waals surface area contributed by atoms with Gasteiger partial charge in [-0.15, -0.1) is 0 Å². The highest BCUT2D eigenvalue weighted by molar-refractivity contribution is 6.15. The van der Waals surface area contributed by atoms with Crippen LogP contribution in [0.1, 0.15) is 12.1 Å². The van der Waals surface area contributed by atoms with E-state index in [0.29, 0.717) is 0 Å². The Bertz CT molecular complexity index is 997. The molecular weight excluding hydrogens is 268 g/mol. The van der Waals surface area contributed by atoms with Gasteiger partial charge in [-0.05, 0) is 24.5 Å². The Morgan fingerprint density at radius 2 is 1.73 bits per heavy atom. The van der Waals surface area contributed by atoms with Crippen molar-refractivity contribution in [2.75, 3.05) is 0 Å². The van der Waals surface area contributed by atoms with E-state index in [0.717, 1.165) is 13.0 Å². The van der Waals surface area contributed by atoms with Gasteiger partial charge in [0.2, 0.25) is 0 Å². The Labute approximate surface area is 129 Å². The topological polar surface area (TPSA) is 17.8 Å². The number of nitrogens with zero attached hydrogens (tertiary/aromatic N) is 2. The van der Waals surface area contributed by atoms with Crippen molar-refractivity contribution in [2.45, 2.75) is 19.4 Å². The molecule has 0 N–H and O–H groups in total. The SMILES string of the molecule is c1ccc(-c2cnc3c4c2c2ccccc2n4CCC3)cc1. The summed E-state index contributed by atoms with van der Waals surface area (Å²) in [6, 6.07) is 19.4. The van der Waals surface area contributed by atoms with Gasteiger partial charge in [0.15, 0.2) is 0 Å². The maximum absolute atomic E-state index is 4.79. The van der Waals surface area contributed by atoms with Gasteiger partial charge in [0.05, 0.1) is 11.2 Å². The molecule has 0 aliphatic carbocycles. The summed E-state index contributed by atoms with van der Waals surface area (Å²) in [5.74, 6) is 0. The minimum absolute atomic E-state index is 1.09. The van der Waals surface area contributed by atoms with Crippen LogP contribution in [0.4, 0.5) is 0 Å². The number of fused-ring (bicyclic) bond motifs is 3. The number of aryl methyl sites for hydroxylation is 2. The number of benzene rings is 2. The summed E-state index contributed by atoms with van der Waals surface area (Å²) < 4.78 is 2.46. The third kappa shape index (κ3) is 1.52. The minimum Gasteiger partial charge on any atom is -0.339 e. The van der Waals surface area contributed by atoms with Gasteiger partial charge in [-0.1, -0.05) is 48.5 Å². The molecule has 0 atom stereocenters. The standard InChI is InChI=1S/C20H16N2/c1-2-7-14(8-3-1)16-13-21-17-10-6-12-22-18-11-5-4-9-15(18)19(16)20(17)22/h1-5,7-9,11,13H,6,10,12H2. The van der Waals surface area contributed by atoms with Crippen molar-refractivity contribution in [2.24, 2.45) is 0 Å². The molecule has 0 saturated heterocycles. The van der Waals surface area contributed by atoms with Crippen molar-refractivity contribution in [3.05, 3.63) is 66.5 Å². The van der Waals surface area contributed by atoms with Crippen LogP contribution in [0.25, 0.3) is 32.9 Å². The second-order valence-corrected chi connectivity index (χ2v) is 5.98. The molecule has 4 aromatic rings. The highest BCUT2D eigenvalue weighted by atomic mass is 15.0. The normalized spacial score (nSPS) is 13.8. The molecule has 2 aromatic heterocycles. The maximum atomic E-state index is 4.79. The first-order valence-electron chi connectivity index (χ1n) is 7.88.